The average Bonchev–Trinajstić information content (AvgIpc) is 2.40. The highest BCUT2D eigenvalue weighted by Crippen LogP contribution is 2.23. The zero-order chi connectivity index (χ0) is 10.8. The first-order chi connectivity index (χ1) is 6.39. The molecule has 1 saturated heterocycles. The van der Waals surface area contributed by atoms with Crippen LogP contribution in [0, 0.1) is 5.92 Å². The molecule has 1 aliphatic heterocycles. The van der Waals surface area contributed by atoms with Crippen LogP contribution in [0.5, 0.6) is 0 Å². The number of aliphatic hydroxyl groups is 1. The van der Waals surface area contributed by atoms with E-state index < -0.39 is 15.4 Å². The van der Waals surface area contributed by atoms with Crippen molar-refractivity contribution in [3.63, 3.8) is 0 Å². The van der Waals surface area contributed by atoms with Gasteiger partial charge in [-0.1, -0.05) is 13.8 Å². The van der Waals surface area contributed by atoms with Crippen molar-refractivity contribution in [2.24, 2.45) is 5.92 Å². The number of aliphatic hydroxyl groups excluding tert-OH is 1. The van der Waals surface area contributed by atoms with E-state index in [0.717, 1.165) is 6.54 Å². The van der Waals surface area contributed by atoms with Crippen LogP contribution in [0.1, 0.15) is 20.3 Å². The van der Waals surface area contributed by atoms with Gasteiger partial charge in [0.1, 0.15) is 0 Å². The number of hydrogen-bond donors (Lipinski definition) is 2. The molecule has 14 heavy (non-hydrogen) atoms. The van der Waals surface area contributed by atoms with Crippen molar-refractivity contribution in [2.75, 3.05) is 24.7 Å². The summed E-state index contributed by atoms with van der Waals surface area (Å²) in [7, 11) is -2.94. The summed E-state index contributed by atoms with van der Waals surface area (Å²) in [5.41, 5.74) is -0.580. The fourth-order valence-corrected chi connectivity index (χ4v) is 3.68. The number of hydrogen-bond acceptors (Lipinski definition) is 4. The van der Waals surface area contributed by atoms with Crippen LogP contribution < -0.4 is 5.32 Å². The van der Waals surface area contributed by atoms with Crippen LogP contribution in [0.25, 0.3) is 0 Å². The molecule has 4 nitrogen and oxygen atoms in total. The first-order valence-corrected chi connectivity index (χ1v) is 6.78. The van der Waals surface area contributed by atoms with Gasteiger partial charge in [-0.25, -0.2) is 8.42 Å². The molecular formula is C9H19NO3S. The highest BCUT2D eigenvalue weighted by atomic mass is 32.2. The summed E-state index contributed by atoms with van der Waals surface area (Å²) in [6, 6.07) is 0. The van der Waals surface area contributed by atoms with Gasteiger partial charge in [-0.15, -0.1) is 0 Å². The lowest BCUT2D eigenvalue weighted by atomic mass is 9.99. The largest absolute Gasteiger partial charge is 0.394 e. The maximum Gasteiger partial charge on any atom is 0.152 e. The molecule has 1 unspecified atom stereocenters. The van der Waals surface area contributed by atoms with Crippen molar-refractivity contribution >= 4 is 9.84 Å². The standard InChI is InChI=1S/C9H19NO3S/c1-8(2)5-10-9(6-11)3-4-14(12,13)7-9/h8,10-11H,3-7H2,1-2H3. The molecule has 84 valence electrons. The normalized spacial score (nSPS) is 31.1. The van der Waals surface area contributed by atoms with E-state index in [1.807, 2.05) is 0 Å². The SMILES string of the molecule is CC(C)CNC1(CO)CCS(=O)(=O)C1. The van der Waals surface area contributed by atoms with Crippen molar-refractivity contribution in [2.45, 2.75) is 25.8 Å². The van der Waals surface area contributed by atoms with Crippen molar-refractivity contribution in [1.82, 2.24) is 5.32 Å². The van der Waals surface area contributed by atoms with E-state index in [1.165, 1.54) is 0 Å². The van der Waals surface area contributed by atoms with Gasteiger partial charge in [0.15, 0.2) is 9.84 Å². The van der Waals surface area contributed by atoms with E-state index in [4.69, 9.17) is 0 Å². The molecule has 1 heterocycles. The van der Waals surface area contributed by atoms with E-state index in [-0.39, 0.29) is 18.1 Å². The van der Waals surface area contributed by atoms with Crippen LogP contribution in [-0.2, 0) is 9.84 Å². The summed E-state index contributed by atoms with van der Waals surface area (Å²) in [5, 5.41) is 12.4. The first-order valence-electron chi connectivity index (χ1n) is 4.95. The monoisotopic (exact) mass is 221 g/mol. The molecule has 0 bridgehead atoms. The van der Waals surface area contributed by atoms with Gasteiger partial charge in [0.05, 0.1) is 23.7 Å². The van der Waals surface area contributed by atoms with Gasteiger partial charge in [-0.2, -0.15) is 0 Å². The predicted molar refractivity (Wildman–Crippen MR) is 55.9 cm³/mol. The molecule has 1 rings (SSSR count). The maximum absolute atomic E-state index is 11.3. The van der Waals surface area contributed by atoms with E-state index in [0.29, 0.717) is 12.3 Å². The quantitative estimate of drug-likeness (QED) is 0.689. The molecule has 0 aliphatic carbocycles. The van der Waals surface area contributed by atoms with Crippen LogP contribution in [0.2, 0.25) is 0 Å². The van der Waals surface area contributed by atoms with Crippen LogP contribution >= 0.6 is 0 Å². The lowest BCUT2D eigenvalue weighted by Gasteiger charge is -2.27. The van der Waals surface area contributed by atoms with Gasteiger partial charge < -0.3 is 10.4 Å². The summed E-state index contributed by atoms with van der Waals surface area (Å²) >= 11 is 0. The van der Waals surface area contributed by atoms with Crippen molar-refractivity contribution < 1.29 is 13.5 Å². The number of nitrogens with one attached hydrogen (secondary N) is 1. The number of rotatable bonds is 4. The minimum Gasteiger partial charge on any atom is -0.394 e. The molecule has 0 amide bonds. The Hall–Kier alpha value is -0.130. The van der Waals surface area contributed by atoms with Crippen molar-refractivity contribution in [1.29, 1.82) is 0 Å². The third-order valence-corrected chi connectivity index (χ3v) is 4.39. The topological polar surface area (TPSA) is 66.4 Å². The molecule has 0 aromatic rings. The predicted octanol–water partition coefficient (Wildman–Crippen LogP) is -0.218. The van der Waals surface area contributed by atoms with E-state index in [9.17, 15) is 13.5 Å². The van der Waals surface area contributed by atoms with Crippen LogP contribution in [-0.4, -0.2) is 43.7 Å². The van der Waals surface area contributed by atoms with Crippen molar-refractivity contribution in [3.05, 3.63) is 0 Å². The van der Waals surface area contributed by atoms with Gasteiger partial charge in [-0.3, -0.25) is 0 Å². The Morgan fingerprint density at radius 1 is 1.50 bits per heavy atom. The molecule has 0 aromatic carbocycles. The van der Waals surface area contributed by atoms with Crippen LogP contribution in [0.3, 0.4) is 0 Å². The Bertz CT molecular complexity index is 286. The first kappa shape index (κ1) is 11.9. The second-order valence-electron chi connectivity index (χ2n) is 4.56. The van der Waals surface area contributed by atoms with Gasteiger partial charge in [0.2, 0.25) is 0 Å². The highest BCUT2D eigenvalue weighted by molar-refractivity contribution is 7.91. The Labute approximate surface area is 85.6 Å². The number of sulfone groups is 1. The lowest BCUT2D eigenvalue weighted by Crippen LogP contribution is -2.50. The molecule has 0 aromatic heterocycles. The van der Waals surface area contributed by atoms with Crippen LogP contribution in [0.15, 0.2) is 0 Å². The molecule has 0 radical (unpaired) electrons. The lowest BCUT2D eigenvalue weighted by molar-refractivity contribution is 0.175. The van der Waals surface area contributed by atoms with Gasteiger partial charge >= 0.3 is 0 Å². The molecule has 1 atom stereocenters. The van der Waals surface area contributed by atoms with E-state index in [2.05, 4.69) is 19.2 Å². The molecule has 0 saturated carbocycles. The second-order valence-corrected chi connectivity index (χ2v) is 6.74. The summed E-state index contributed by atoms with van der Waals surface area (Å²) in [6.07, 6.45) is 0.526. The molecule has 2 N–H and O–H groups in total. The summed E-state index contributed by atoms with van der Waals surface area (Å²) < 4.78 is 22.6. The zero-order valence-corrected chi connectivity index (χ0v) is 9.60. The second kappa shape index (κ2) is 4.16. The maximum atomic E-state index is 11.3. The molecular weight excluding hydrogens is 202 g/mol. The van der Waals surface area contributed by atoms with Crippen molar-refractivity contribution in [3.8, 4) is 0 Å². The van der Waals surface area contributed by atoms with E-state index >= 15 is 0 Å². The smallest absolute Gasteiger partial charge is 0.152 e. The molecule has 1 aliphatic rings. The summed E-state index contributed by atoms with van der Waals surface area (Å²) in [4.78, 5) is 0. The fraction of sp³-hybridized carbons (Fsp3) is 1.00. The molecule has 5 heteroatoms. The van der Waals surface area contributed by atoms with E-state index in [1.54, 1.807) is 0 Å². The zero-order valence-electron chi connectivity index (χ0n) is 8.78. The minimum atomic E-state index is -2.94. The molecule has 0 spiro atoms. The summed E-state index contributed by atoms with van der Waals surface area (Å²) in [5.74, 6) is 0.726. The summed E-state index contributed by atoms with van der Waals surface area (Å²) in [6.45, 7) is 4.76. The highest BCUT2D eigenvalue weighted by Gasteiger charge is 2.41. The third-order valence-electron chi connectivity index (χ3n) is 2.58. The Kier molecular flexibility index (Phi) is 3.55. The van der Waals surface area contributed by atoms with Gasteiger partial charge in [0.25, 0.3) is 0 Å². The van der Waals surface area contributed by atoms with Gasteiger partial charge in [-0.05, 0) is 18.9 Å². The molecule has 1 fully saturated rings. The third kappa shape index (κ3) is 2.93. The average molecular weight is 221 g/mol. The Morgan fingerprint density at radius 2 is 2.14 bits per heavy atom. The Morgan fingerprint density at radius 3 is 2.50 bits per heavy atom. The fourth-order valence-electron chi connectivity index (χ4n) is 1.66. The minimum absolute atomic E-state index is 0.0726. The Balaban J connectivity index is 2.61. The van der Waals surface area contributed by atoms with Gasteiger partial charge in [0, 0.05) is 0 Å². The van der Waals surface area contributed by atoms with Crippen LogP contribution in [0.4, 0.5) is 0 Å².